The standard InChI is InChI=1S/C15H21N2O7P/c1-8-3-10(15(19)20)4-13(8)17-6-12-11(7-24-25(21,22)23)5-16-9(2)14(12)18/h4-5,8,10,17-18H,3,6-7H2,1-2H3,(H,19,20)(H2,21,22,23)/t8-,10+/m0/s1. The molecule has 0 bridgehead atoms. The molecule has 138 valence electrons. The molecule has 1 aromatic rings. The lowest BCUT2D eigenvalue weighted by Gasteiger charge is -2.17. The molecule has 25 heavy (non-hydrogen) atoms. The van der Waals surface area contributed by atoms with Crippen molar-refractivity contribution in [1.82, 2.24) is 10.3 Å². The van der Waals surface area contributed by atoms with Gasteiger partial charge < -0.3 is 25.3 Å². The molecule has 0 spiro atoms. The van der Waals surface area contributed by atoms with Gasteiger partial charge in [-0.05, 0) is 19.3 Å². The van der Waals surface area contributed by atoms with E-state index in [0.717, 1.165) is 5.70 Å². The Morgan fingerprint density at radius 2 is 2.16 bits per heavy atom. The van der Waals surface area contributed by atoms with Crippen LogP contribution in [0.15, 0.2) is 18.0 Å². The highest BCUT2D eigenvalue weighted by Gasteiger charge is 2.28. The van der Waals surface area contributed by atoms with Gasteiger partial charge in [0.2, 0.25) is 0 Å². The van der Waals surface area contributed by atoms with E-state index in [-0.39, 0.29) is 18.2 Å². The first-order chi connectivity index (χ1) is 11.6. The molecular formula is C15H21N2O7P. The van der Waals surface area contributed by atoms with E-state index >= 15 is 0 Å². The number of carboxylic acids is 1. The number of aromatic hydroxyl groups is 1. The molecule has 1 heterocycles. The maximum absolute atomic E-state index is 11.1. The van der Waals surface area contributed by atoms with Gasteiger partial charge in [-0.1, -0.05) is 13.0 Å². The number of carbonyl (C=O) groups is 1. The number of aliphatic carboxylic acids is 1. The van der Waals surface area contributed by atoms with Gasteiger partial charge in [0.1, 0.15) is 5.75 Å². The SMILES string of the molecule is Cc1ncc(COP(=O)(O)O)c(CNC2=C[C@H](C(=O)O)C[C@@H]2C)c1O. The first-order valence-corrected chi connectivity index (χ1v) is 9.16. The van der Waals surface area contributed by atoms with Gasteiger partial charge >= 0.3 is 13.8 Å². The number of hydrogen-bond acceptors (Lipinski definition) is 6. The summed E-state index contributed by atoms with van der Waals surface area (Å²) in [5, 5.41) is 22.4. The molecule has 0 amide bonds. The van der Waals surface area contributed by atoms with Gasteiger partial charge in [-0.25, -0.2) is 4.57 Å². The molecule has 1 aromatic heterocycles. The van der Waals surface area contributed by atoms with Crippen LogP contribution >= 0.6 is 7.82 Å². The van der Waals surface area contributed by atoms with Crippen molar-refractivity contribution in [2.75, 3.05) is 0 Å². The van der Waals surface area contributed by atoms with Crippen LogP contribution in [0.2, 0.25) is 0 Å². The molecule has 0 radical (unpaired) electrons. The van der Waals surface area contributed by atoms with Crippen molar-refractivity contribution in [3.05, 3.63) is 34.8 Å². The summed E-state index contributed by atoms with van der Waals surface area (Å²) in [6.07, 6.45) is 3.52. The van der Waals surface area contributed by atoms with Gasteiger partial charge in [-0.2, -0.15) is 0 Å². The minimum atomic E-state index is -4.65. The Morgan fingerprint density at radius 3 is 2.72 bits per heavy atom. The fraction of sp³-hybridized carbons (Fsp3) is 0.467. The number of nitrogens with one attached hydrogen (secondary N) is 1. The van der Waals surface area contributed by atoms with E-state index < -0.39 is 26.3 Å². The number of aryl methyl sites for hydroxylation is 1. The van der Waals surface area contributed by atoms with Crippen LogP contribution in [0.25, 0.3) is 0 Å². The lowest BCUT2D eigenvalue weighted by molar-refractivity contribution is -0.140. The number of aromatic nitrogens is 1. The van der Waals surface area contributed by atoms with Crippen LogP contribution in [0.3, 0.4) is 0 Å². The van der Waals surface area contributed by atoms with Gasteiger partial charge in [0.05, 0.1) is 18.2 Å². The topological polar surface area (TPSA) is 149 Å². The Labute approximate surface area is 144 Å². The largest absolute Gasteiger partial charge is 0.506 e. The van der Waals surface area contributed by atoms with Crippen molar-refractivity contribution < 1.29 is 33.9 Å². The molecule has 0 aliphatic heterocycles. The second kappa shape index (κ2) is 7.53. The number of nitrogens with zero attached hydrogens (tertiary/aromatic N) is 1. The maximum Gasteiger partial charge on any atom is 0.469 e. The second-order valence-corrected chi connectivity index (χ2v) is 7.26. The smallest absolute Gasteiger partial charge is 0.469 e. The van der Waals surface area contributed by atoms with E-state index in [0.29, 0.717) is 23.2 Å². The lowest BCUT2D eigenvalue weighted by atomic mass is 10.0. The number of pyridine rings is 1. The summed E-state index contributed by atoms with van der Waals surface area (Å²) in [5.41, 5.74) is 1.85. The predicted octanol–water partition coefficient (Wildman–Crippen LogP) is 1.42. The minimum absolute atomic E-state index is 0.0287. The molecule has 1 aliphatic rings. The molecule has 5 N–H and O–H groups in total. The van der Waals surface area contributed by atoms with Crippen LogP contribution in [0.5, 0.6) is 5.75 Å². The number of allylic oxidation sites excluding steroid dienone is 1. The minimum Gasteiger partial charge on any atom is -0.506 e. The number of carboxylic acid groups (broad SMARTS) is 1. The first-order valence-electron chi connectivity index (χ1n) is 7.63. The molecular weight excluding hydrogens is 351 g/mol. The third-order valence-corrected chi connectivity index (χ3v) is 4.59. The molecule has 10 heteroatoms. The van der Waals surface area contributed by atoms with E-state index in [1.807, 2.05) is 6.92 Å². The first kappa shape index (κ1) is 19.4. The second-order valence-electron chi connectivity index (χ2n) is 6.02. The quantitative estimate of drug-likeness (QED) is 0.448. The van der Waals surface area contributed by atoms with Crippen LogP contribution in [0.1, 0.15) is 30.2 Å². The Morgan fingerprint density at radius 1 is 1.48 bits per heavy atom. The fourth-order valence-electron chi connectivity index (χ4n) is 2.71. The van der Waals surface area contributed by atoms with Crippen LogP contribution < -0.4 is 5.32 Å². The molecule has 1 aliphatic carbocycles. The molecule has 0 fully saturated rings. The van der Waals surface area contributed by atoms with Gasteiger partial charge in [0.25, 0.3) is 0 Å². The molecule has 0 aromatic carbocycles. The maximum atomic E-state index is 11.1. The van der Waals surface area contributed by atoms with Crippen molar-refractivity contribution >= 4 is 13.8 Å². The Bertz CT molecular complexity index is 744. The molecule has 2 atom stereocenters. The molecule has 2 rings (SSSR count). The predicted molar refractivity (Wildman–Crippen MR) is 87.3 cm³/mol. The summed E-state index contributed by atoms with van der Waals surface area (Å²) in [7, 11) is -4.65. The van der Waals surface area contributed by atoms with Crippen LogP contribution in [0.4, 0.5) is 0 Å². The summed E-state index contributed by atoms with van der Waals surface area (Å²) < 4.78 is 15.4. The zero-order chi connectivity index (χ0) is 18.8. The van der Waals surface area contributed by atoms with E-state index in [4.69, 9.17) is 14.9 Å². The van der Waals surface area contributed by atoms with Gasteiger partial charge in [0, 0.05) is 29.6 Å². The summed E-state index contributed by atoms with van der Waals surface area (Å²) in [6, 6.07) is 0. The number of phosphoric ester groups is 1. The Kier molecular flexibility index (Phi) is 5.84. The molecule has 0 unspecified atom stereocenters. The number of hydrogen-bond donors (Lipinski definition) is 5. The summed E-state index contributed by atoms with van der Waals surface area (Å²) in [6.45, 7) is 3.24. The van der Waals surface area contributed by atoms with Crippen LogP contribution in [-0.4, -0.2) is 31.0 Å². The Balaban J connectivity index is 2.18. The van der Waals surface area contributed by atoms with Crippen LogP contribution in [0, 0.1) is 18.8 Å². The van der Waals surface area contributed by atoms with E-state index in [1.54, 1.807) is 13.0 Å². The van der Waals surface area contributed by atoms with Gasteiger partial charge in [-0.15, -0.1) is 0 Å². The highest BCUT2D eigenvalue weighted by atomic mass is 31.2. The fourth-order valence-corrected chi connectivity index (χ4v) is 3.02. The average Bonchev–Trinajstić information content (AvgIpc) is 2.88. The number of phosphoric acid groups is 1. The summed E-state index contributed by atoms with van der Waals surface area (Å²) in [5.74, 6) is -1.51. The zero-order valence-corrected chi connectivity index (χ0v) is 14.7. The van der Waals surface area contributed by atoms with Crippen LogP contribution in [-0.2, 0) is 27.0 Å². The third kappa shape index (κ3) is 5.02. The summed E-state index contributed by atoms with van der Waals surface area (Å²) >= 11 is 0. The highest BCUT2D eigenvalue weighted by molar-refractivity contribution is 7.46. The molecule has 0 saturated carbocycles. The van der Waals surface area contributed by atoms with Crippen molar-refractivity contribution in [1.29, 1.82) is 0 Å². The summed E-state index contributed by atoms with van der Waals surface area (Å²) in [4.78, 5) is 32.7. The average molecular weight is 372 g/mol. The van der Waals surface area contributed by atoms with E-state index in [9.17, 15) is 14.5 Å². The van der Waals surface area contributed by atoms with Crippen molar-refractivity contribution in [3.8, 4) is 5.75 Å². The number of rotatable bonds is 7. The van der Waals surface area contributed by atoms with Crippen molar-refractivity contribution in [3.63, 3.8) is 0 Å². The van der Waals surface area contributed by atoms with E-state index in [2.05, 4.69) is 14.8 Å². The molecule has 9 nitrogen and oxygen atoms in total. The van der Waals surface area contributed by atoms with Crippen molar-refractivity contribution in [2.24, 2.45) is 11.8 Å². The highest BCUT2D eigenvalue weighted by Crippen LogP contribution is 2.38. The zero-order valence-electron chi connectivity index (χ0n) is 13.8. The normalized spacial score (nSPS) is 20.4. The van der Waals surface area contributed by atoms with E-state index in [1.165, 1.54) is 6.20 Å². The van der Waals surface area contributed by atoms with Gasteiger partial charge in [0.15, 0.2) is 0 Å². The monoisotopic (exact) mass is 372 g/mol. The Hall–Kier alpha value is -1.93. The molecule has 0 saturated heterocycles. The van der Waals surface area contributed by atoms with Gasteiger partial charge in [-0.3, -0.25) is 14.3 Å². The van der Waals surface area contributed by atoms with Crippen molar-refractivity contribution in [2.45, 2.75) is 33.4 Å². The lowest BCUT2D eigenvalue weighted by Crippen LogP contribution is -2.17. The third-order valence-electron chi connectivity index (χ3n) is 4.12.